The molecule has 2 aromatic carbocycles. The van der Waals surface area contributed by atoms with Gasteiger partial charge in [0, 0.05) is 16.5 Å². The van der Waals surface area contributed by atoms with E-state index in [0.29, 0.717) is 32.8 Å². The number of nitrogens with zero attached hydrogens (tertiary/aromatic N) is 1. The molecule has 5 nitrogen and oxygen atoms in total. The molecule has 0 radical (unpaired) electrons. The van der Waals surface area contributed by atoms with Crippen molar-refractivity contribution in [1.29, 1.82) is 5.26 Å². The molecule has 1 aromatic heterocycles. The molecule has 0 atom stereocenters. The van der Waals surface area contributed by atoms with Crippen molar-refractivity contribution in [2.45, 2.75) is 0 Å². The third kappa shape index (κ3) is 3.67. The maximum Gasteiger partial charge on any atom is 0.266 e. The van der Waals surface area contributed by atoms with Crippen LogP contribution in [-0.2, 0) is 4.79 Å². The zero-order chi connectivity index (χ0) is 18.7. The highest BCUT2D eigenvalue weighted by Gasteiger charge is 2.14. The first-order valence-electron chi connectivity index (χ1n) is 7.46. The molecule has 0 fully saturated rings. The summed E-state index contributed by atoms with van der Waals surface area (Å²) in [6, 6.07) is 13.7. The first-order chi connectivity index (χ1) is 12.5. The summed E-state index contributed by atoms with van der Waals surface area (Å²) in [5.74, 6) is 0.299. The topological polar surface area (TPSA) is 75.3 Å². The molecule has 7 heteroatoms. The summed E-state index contributed by atoms with van der Waals surface area (Å²) in [6.45, 7) is 0. The SMILES string of the molecule is COc1cccc2cc(/C=C(\C#N)C(=O)Nc3cc(Cl)ccc3Cl)oc12. The summed E-state index contributed by atoms with van der Waals surface area (Å²) in [5.41, 5.74) is 0.715. The number of anilines is 1. The second kappa shape index (κ2) is 7.52. The highest BCUT2D eigenvalue weighted by molar-refractivity contribution is 6.36. The molecule has 0 spiro atoms. The van der Waals surface area contributed by atoms with Crippen molar-refractivity contribution >= 4 is 51.8 Å². The first kappa shape index (κ1) is 17.9. The quantitative estimate of drug-likeness (QED) is 0.487. The van der Waals surface area contributed by atoms with E-state index in [4.69, 9.17) is 32.4 Å². The fourth-order valence-electron chi connectivity index (χ4n) is 2.36. The number of halogens is 2. The Hall–Kier alpha value is -2.94. The van der Waals surface area contributed by atoms with Crippen molar-refractivity contribution in [1.82, 2.24) is 0 Å². The Morgan fingerprint density at radius 3 is 2.81 bits per heavy atom. The molecule has 0 bridgehead atoms. The molecule has 1 N–H and O–H groups in total. The highest BCUT2D eigenvalue weighted by Crippen LogP contribution is 2.30. The lowest BCUT2D eigenvalue weighted by Crippen LogP contribution is -2.13. The number of amides is 1. The summed E-state index contributed by atoms with van der Waals surface area (Å²) in [7, 11) is 1.54. The molecule has 3 aromatic rings. The van der Waals surface area contributed by atoms with E-state index in [-0.39, 0.29) is 5.57 Å². The number of nitrogens with one attached hydrogen (secondary N) is 1. The maximum absolute atomic E-state index is 12.4. The van der Waals surface area contributed by atoms with Gasteiger partial charge in [-0.1, -0.05) is 35.3 Å². The third-order valence-corrected chi connectivity index (χ3v) is 4.14. The van der Waals surface area contributed by atoms with Crippen LogP contribution in [0.5, 0.6) is 5.75 Å². The van der Waals surface area contributed by atoms with Crippen molar-refractivity contribution in [2.75, 3.05) is 12.4 Å². The lowest BCUT2D eigenvalue weighted by atomic mass is 10.2. The minimum absolute atomic E-state index is 0.140. The van der Waals surface area contributed by atoms with Gasteiger partial charge in [0.05, 0.1) is 17.8 Å². The molecule has 0 saturated heterocycles. The molecule has 0 saturated carbocycles. The molecule has 130 valence electrons. The van der Waals surface area contributed by atoms with Gasteiger partial charge in [-0.25, -0.2) is 0 Å². The summed E-state index contributed by atoms with van der Waals surface area (Å²) < 4.78 is 10.9. The monoisotopic (exact) mass is 386 g/mol. The van der Waals surface area contributed by atoms with Crippen LogP contribution in [0.25, 0.3) is 17.0 Å². The molecule has 3 rings (SSSR count). The summed E-state index contributed by atoms with van der Waals surface area (Å²) >= 11 is 11.9. The molecule has 1 amide bonds. The minimum atomic E-state index is -0.621. The predicted octanol–water partition coefficient (Wildman–Crippen LogP) is 5.29. The Morgan fingerprint density at radius 1 is 1.27 bits per heavy atom. The summed E-state index contributed by atoms with van der Waals surface area (Å²) in [4.78, 5) is 12.4. The molecule has 26 heavy (non-hydrogen) atoms. The van der Waals surface area contributed by atoms with Gasteiger partial charge in [0.15, 0.2) is 11.3 Å². The Balaban J connectivity index is 1.92. The largest absolute Gasteiger partial charge is 0.493 e. The number of rotatable bonds is 4. The van der Waals surface area contributed by atoms with Crippen LogP contribution in [0.4, 0.5) is 5.69 Å². The van der Waals surface area contributed by atoms with E-state index in [2.05, 4.69) is 5.32 Å². The Morgan fingerprint density at radius 2 is 2.08 bits per heavy atom. The summed E-state index contributed by atoms with van der Waals surface area (Å²) in [6.07, 6.45) is 1.35. The number of benzene rings is 2. The van der Waals surface area contributed by atoms with Crippen molar-refractivity contribution < 1.29 is 13.9 Å². The van der Waals surface area contributed by atoms with Crippen LogP contribution in [0.3, 0.4) is 0 Å². The lowest BCUT2D eigenvalue weighted by molar-refractivity contribution is -0.112. The van der Waals surface area contributed by atoms with E-state index in [0.717, 1.165) is 5.39 Å². The molecular formula is C19H12Cl2N2O3. The fraction of sp³-hybridized carbons (Fsp3) is 0.0526. The Bertz CT molecular complexity index is 1060. The number of hydrogen-bond donors (Lipinski definition) is 1. The Labute approximate surface area is 159 Å². The number of nitriles is 1. The van der Waals surface area contributed by atoms with E-state index < -0.39 is 5.91 Å². The zero-order valence-corrected chi connectivity index (χ0v) is 15.1. The van der Waals surface area contributed by atoms with E-state index in [1.165, 1.54) is 19.3 Å². The van der Waals surface area contributed by atoms with Gasteiger partial charge in [-0.15, -0.1) is 0 Å². The van der Waals surface area contributed by atoms with Gasteiger partial charge in [-0.3, -0.25) is 4.79 Å². The number of fused-ring (bicyclic) bond motifs is 1. The molecule has 0 aliphatic carbocycles. The van der Waals surface area contributed by atoms with Crippen LogP contribution in [0, 0.1) is 11.3 Å². The molecule has 0 unspecified atom stereocenters. The van der Waals surface area contributed by atoms with E-state index in [9.17, 15) is 10.1 Å². The third-order valence-electron chi connectivity index (χ3n) is 3.58. The number of para-hydroxylation sites is 1. The normalized spacial score (nSPS) is 11.2. The molecule has 0 aliphatic heterocycles. The number of carbonyl (C=O) groups excluding carboxylic acids is 1. The fourth-order valence-corrected chi connectivity index (χ4v) is 2.70. The average molecular weight is 387 g/mol. The number of hydrogen-bond acceptors (Lipinski definition) is 4. The van der Waals surface area contributed by atoms with Crippen LogP contribution in [0.2, 0.25) is 10.0 Å². The van der Waals surface area contributed by atoms with Crippen molar-refractivity contribution in [3.05, 3.63) is 63.8 Å². The number of furan rings is 1. The van der Waals surface area contributed by atoms with Gasteiger partial charge in [0.25, 0.3) is 5.91 Å². The van der Waals surface area contributed by atoms with Gasteiger partial charge in [-0.05, 0) is 30.3 Å². The van der Waals surface area contributed by atoms with Crippen LogP contribution in [-0.4, -0.2) is 13.0 Å². The highest BCUT2D eigenvalue weighted by atomic mass is 35.5. The second-order valence-electron chi connectivity index (χ2n) is 5.28. The van der Waals surface area contributed by atoms with Crippen molar-refractivity contribution in [3.8, 4) is 11.8 Å². The minimum Gasteiger partial charge on any atom is -0.493 e. The Kier molecular flexibility index (Phi) is 5.17. The zero-order valence-electron chi connectivity index (χ0n) is 13.5. The number of methoxy groups -OCH3 is 1. The van der Waals surface area contributed by atoms with Crippen molar-refractivity contribution in [3.63, 3.8) is 0 Å². The second-order valence-corrected chi connectivity index (χ2v) is 6.12. The molecule has 1 heterocycles. The van der Waals surface area contributed by atoms with Crippen LogP contribution < -0.4 is 10.1 Å². The van der Waals surface area contributed by atoms with Gasteiger partial charge < -0.3 is 14.5 Å². The predicted molar refractivity (Wildman–Crippen MR) is 101 cm³/mol. The van der Waals surface area contributed by atoms with Crippen LogP contribution >= 0.6 is 23.2 Å². The van der Waals surface area contributed by atoms with Gasteiger partial charge >= 0.3 is 0 Å². The lowest BCUT2D eigenvalue weighted by Gasteiger charge is -2.06. The van der Waals surface area contributed by atoms with E-state index in [1.807, 2.05) is 18.2 Å². The smallest absolute Gasteiger partial charge is 0.266 e. The first-order valence-corrected chi connectivity index (χ1v) is 8.22. The van der Waals surface area contributed by atoms with E-state index in [1.54, 1.807) is 24.3 Å². The standard InChI is InChI=1S/C19H12Cl2N2O3/c1-25-17-4-2-3-11-7-14(26-18(11)17)8-12(10-22)19(24)23-16-9-13(20)5-6-15(16)21/h2-9H,1H3,(H,23,24)/b12-8+. The summed E-state index contributed by atoms with van der Waals surface area (Å²) in [5, 5.41) is 13.4. The van der Waals surface area contributed by atoms with Gasteiger partial charge in [-0.2, -0.15) is 5.26 Å². The van der Waals surface area contributed by atoms with E-state index >= 15 is 0 Å². The van der Waals surface area contributed by atoms with Crippen molar-refractivity contribution in [2.24, 2.45) is 0 Å². The maximum atomic E-state index is 12.4. The number of carbonyl (C=O) groups is 1. The van der Waals surface area contributed by atoms with Gasteiger partial charge in [0.1, 0.15) is 17.4 Å². The van der Waals surface area contributed by atoms with Gasteiger partial charge in [0.2, 0.25) is 0 Å². The average Bonchev–Trinajstić information content (AvgIpc) is 3.05. The molecule has 0 aliphatic rings. The van der Waals surface area contributed by atoms with Crippen LogP contribution in [0.1, 0.15) is 5.76 Å². The number of ether oxygens (including phenoxy) is 1. The van der Waals surface area contributed by atoms with Crippen LogP contribution in [0.15, 0.2) is 52.5 Å². The molecular weight excluding hydrogens is 375 g/mol.